The monoisotopic (exact) mass is 242 g/mol. The number of ether oxygens (including phenoxy) is 1. The second-order valence-corrected chi connectivity index (χ2v) is 4.17. The first-order valence-corrected chi connectivity index (χ1v) is 5.48. The lowest BCUT2D eigenvalue weighted by Gasteiger charge is -2.12. The van der Waals surface area contributed by atoms with Crippen molar-refractivity contribution in [2.24, 2.45) is 0 Å². The number of hydrogen-bond donors (Lipinski definition) is 1. The van der Waals surface area contributed by atoms with Crippen LogP contribution in [-0.4, -0.2) is 17.5 Å². The number of benzene rings is 1. The zero-order valence-corrected chi connectivity index (χ0v) is 10.1. The highest BCUT2D eigenvalue weighted by Gasteiger charge is 2.11. The smallest absolute Gasteiger partial charge is 0.138 e. The maximum atomic E-state index is 10.5. The Hall–Kier alpha value is -1.06. The van der Waals surface area contributed by atoms with Gasteiger partial charge >= 0.3 is 0 Å². The largest absolute Gasteiger partial charge is 0.506 e. The molecule has 4 heteroatoms. The van der Waals surface area contributed by atoms with Gasteiger partial charge in [0.25, 0.3) is 0 Å². The van der Waals surface area contributed by atoms with Gasteiger partial charge in [-0.15, -0.1) is 0 Å². The second kappa shape index (κ2) is 5.87. The Labute approximate surface area is 100.0 Å². The van der Waals surface area contributed by atoms with Crippen LogP contribution >= 0.6 is 11.6 Å². The van der Waals surface area contributed by atoms with Crippen molar-refractivity contribution in [3.05, 3.63) is 28.3 Å². The van der Waals surface area contributed by atoms with Crippen molar-refractivity contribution in [2.75, 3.05) is 0 Å². The van der Waals surface area contributed by atoms with Crippen molar-refractivity contribution in [1.82, 2.24) is 0 Å². The number of halogens is 1. The molecule has 0 atom stereocenters. The zero-order valence-electron chi connectivity index (χ0n) is 9.37. The minimum absolute atomic E-state index is 0.0291. The van der Waals surface area contributed by atoms with Crippen LogP contribution < -0.4 is 0 Å². The minimum Gasteiger partial charge on any atom is -0.506 e. The summed E-state index contributed by atoms with van der Waals surface area (Å²) in [6, 6.07) is 3.37. The summed E-state index contributed by atoms with van der Waals surface area (Å²) in [6.45, 7) is 4.22. The van der Waals surface area contributed by atoms with E-state index >= 15 is 0 Å². The molecule has 0 aromatic heterocycles. The molecule has 0 spiro atoms. The molecule has 0 fully saturated rings. The van der Waals surface area contributed by atoms with Gasteiger partial charge < -0.3 is 14.6 Å². The fourth-order valence-electron chi connectivity index (χ4n) is 1.35. The van der Waals surface area contributed by atoms with E-state index in [1.807, 2.05) is 13.8 Å². The van der Waals surface area contributed by atoms with E-state index in [0.717, 1.165) is 11.8 Å². The first-order chi connectivity index (χ1) is 7.56. The third kappa shape index (κ3) is 3.22. The first kappa shape index (κ1) is 13.0. The third-order valence-electron chi connectivity index (χ3n) is 2.19. The van der Waals surface area contributed by atoms with Crippen LogP contribution in [0.15, 0.2) is 12.1 Å². The van der Waals surface area contributed by atoms with Gasteiger partial charge in [0.05, 0.1) is 17.7 Å². The van der Waals surface area contributed by atoms with Gasteiger partial charge in [-0.1, -0.05) is 17.7 Å². The van der Waals surface area contributed by atoms with Crippen molar-refractivity contribution in [1.29, 1.82) is 0 Å². The highest BCUT2D eigenvalue weighted by molar-refractivity contribution is 6.32. The zero-order chi connectivity index (χ0) is 12.1. The lowest BCUT2D eigenvalue weighted by molar-refractivity contribution is -0.107. The molecule has 0 bridgehead atoms. The molecule has 0 heterocycles. The van der Waals surface area contributed by atoms with E-state index in [4.69, 9.17) is 16.3 Å². The molecule has 0 amide bonds. The molecule has 0 aliphatic heterocycles. The Morgan fingerprint density at radius 1 is 1.50 bits per heavy atom. The molecule has 16 heavy (non-hydrogen) atoms. The van der Waals surface area contributed by atoms with E-state index in [2.05, 4.69) is 0 Å². The number of carbonyl (C=O) groups excluding carboxylic acids is 1. The SMILES string of the molecule is CC(C)OCc1ccc(Cl)c(O)c1CC=O. The predicted molar refractivity (Wildman–Crippen MR) is 62.8 cm³/mol. The normalized spacial score (nSPS) is 10.8. The van der Waals surface area contributed by atoms with Gasteiger partial charge in [0.2, 0.25) is 0 Å². The molecule has 0 aliphatic carbocycles. The Balaban J connectivity index is 2.98. The van der Waals surface area contributed by atoms with Crippen molar-refractivity contribution < 1.29 is 14.6 Å². The summed E-state index contributed by atoms with van der Waals surface area (Å²) in [7, 11) is 0. The van der Waals surface area contributed by atoms with Crippen LogP contribution in [-0.2, 0) is 22.6 Å². The number of phenols is 1. The summed E-state index contributed by atoms with van der Waals surface area (Å²) in [5, 5.41) is 9.98. The summed E-state index contributed by atoms with van der Waals surface area (Å²) >= 11 is 5.78. The molecule has 1 aromatic carbocycles. The summed E-state index contributed by atoms with van der Waals surface area (Å²) in [6.07, 6.45) is 0.981. The van der Waals surface area contributed by atoms with Crippen LogP contribution in [0.25, 0.3) is 0 Å². The lowest BCUT2D eigenvalue weighted by Crippen LogP contribution is -2.05. The number of carbonyl (C=O) groups is 1. The van der Waals surface area contributed by atoms with Gasteiger partial charge in [0.1, 0.15) is 12.0 Å². The van der Waals surface area contributed by atoms with Crippen LogP contribution in [0.3, 0.4) is 0 Å². The van der Waals surface area contributed by atoms with Crippen molar-refractivity contribution >= 4 is 17.9 Å². The Kier molecular flexibility index (Phi) is 4.77. The number of phenolic OH excluding ortho intramolecular Hbond substituents is 1. The molecule has 0 saturated carbocycles. The molecule has 0 saturated heterocycles. The van der Waals surface area contributed by atoms with E-state index in [0.29, 0.717) is 12.2 Å². The van der Waals surface area contributed by atoms with Crippen molar-refractivity contribution in [3.8, 4) is 5.75 Å². The van der Waals surface area contributed by atoms with E-state index < -0.39 is 0 Å². The van der Waals surface area contributed by atoms with Gasteiger partial charge in [-0.25, -0.2) is 0 Å². The predicted octanol–water partition coefficient (Wildman–Crippen LogP) is 2.71. The van der Waals surface area contributed by atoms with Gasteiger partial charge in [0, 0.05) is 12.0 Å². The maximum absolute atomic E-state index is 10.5. The maximum Gasteiger partial charge on any atom is 0.138 e. The molecule has 1 N–H and O–H groups in total. The van der Waals surface area contributed by atoms with Crippen LogP contribution in [0.2, 0.25) is 5.02 Å². The fraction of sp³-hybridized carbons (Fsp3) is 0.417. The van der Waals surface area contributed by atoms with E-state index in [-0.39, 0.29) is 23.3 Å². The number of aldehydes is 1. The molecule has 0 aliphatic rings. The molecule has 0 unspecified atom stereocenters. The van der Waals surface area contributed by atoms with Crippen LogP contribution in [0.5, 0.6) is 5.75 Å². The molecule has 88 valence electrons. The molecule has 0 radical (unpaired) electrons. The average molecular weight is 243 g/mol. The topological polar surface area (TPSA) is 46.5 Å². The van der Waals surface area contributed by atoms with Gasteiger partial charge in [0.15, 0.2) is 0 Å². The van der Waals surface area contributed by atoms with E-state index in [9.17, 15) is 9.90 Å². The van der Waals surface area contributed by atoms with Crippen molar-refractivity contribution in [3.63, 3.8) is 0 Å². The molecule has 1 aromatic rings. The minimum atomic E-state index is -0.0291. The quantitative estimate of drug-likeness (QED) is 0.808. The molecule has 3 nitrogen and oxygen atoms in total. The van der Waals surface area contributed by atoms with Gasteiger partial charge in [-0.05, 0) is 25.5 Å². The van der Waals surface area contributed by atoms with Crippen LogP contribution in [0.1, 0.15) is 25.0 Å². The fourth-order valence-corrected chi connectivity index (χ4v) is 1.53. The second-order valence-electron chi connectivity index (χ2n) is 3.76. The first-order valence-electron chi connectivity index (χ1n) is 5.10. The molecule has 1 rings (SSSR count). The van der Waals surface area contributed by atoms with E-state index in [1.165, 1.54) is 0 Å². The van der Waals surface area contributed by atoms with E-state index in [1.54, 1.807) is 12.1 Å². The molecular weight excluding hydrogens is 228 g/mol. The Morgan fingerprint density at radius 3 is 2.75 bits per heavy atom. The van der Waals surface area contributed by atoms with Crippen LogP contribution in [0.4, 0.5) is 0 Å². The van der Waals surface area contributed by atoms with Gasteiger partial charge in [-0.2, -0.15) is 0 Å². The summed E-state index contributed by atoms with van der Waals surface area (Å²) < 4.78 is 5.44. The standard InChI is InChI=1S/C12H15ClO3/c1-8(2)16-7-9-3-4-11(13)12(15)10(9)5-6-14/h3-4,6,8,15H,5,7H2,1-2H3. The number of rotatable bonds is 5. The lowest BCUT2D eigenvalue weighted by atomic mass is 10.0. The Bertz CT molecular complexity index is 375. The Morgan fingerprint density at radius 2 is 2.19 bits per heavy atom. The highest BCUT2D eigenvalue weighted by Crippen LogP contribution is 2.30. The van der Waals surface area contributed by atoms with Gasteiger partial charge in [-0.3, -0.25) is 0 Å². The summed E-state index contributed by atoms with van der Waals surface area (Å²) in [5.41, 5.74) is 1.34. The van der Waals surface area contributed by atoms with Crippen molar-refractivity contribution in [2.45, 2.75) is 33.0 Å². The summed E-state index contributed by atoms with van der Waals surface area (Å²) in [5.74, 6) is -0.0291. The number of hydrogen-bond acceptors (Lipinski definition) is 3. The van der Waals surface area contributed by atoms with Crippen LogP contribution in [0, 0.1) is 0 Å². The average Bonchev–Trinajstić information content (AvgIpc) is 2.24. The summed E-state index contributed by atoms with van der Waals surface area (Å²) in [4.78, 5) is 10.5. The highest BCUT2D eigenvalue weighted by atomic mass is 35.5. The molecular formula is C12H15ClO3. The number of aromatic hydroxyl groups is 1. The third-order valence-corrected chi connectivity index (χ3v) is 2.50.